The van der Waals surface area contributed by atoms with E-state index < -0.39 is 5.97 Å². The molecule has 98 valence electrons. The van der Waals surface area contributed by atoms with Crippen LogP contribution in [0, 0.1) is 6.92 Å². The van der Waals surface area contributed by atoms with Crippen molar-refractivity contribution in [3.8, 4) is 11.5 Å². The van der Waals surface area contributed by atoms with Crippen LogP contribution in [0.3, 0.4) is 0 Å². The summed E-state index contributed by atoms with van der Waals surface area (Å²) in [6.07, 6.45) is 0. The highest BCUT2D eigenvalue weighted by Crippen LogP contribution is 2.32. The van der Waals surface area contributed by atoms with Crippen molar-refractivity contribution in [3.05, 3.63) is 41.3 Å². The molecule has 0 aliphatic carbocycles. The predicted molar refractivity (Wildman–Crippen MR) is 62.9 cm³/mol. The van der Waals surface area contributed by atoms with Crippen molar-refractivity contribution in [2.24, 2.45) is 0 Å². The Kier molecular flexibility index (Phi) is 2.83. The smallest absolute Gasteiger partial charge is 0.377 e. The number of benzene rings is 1. The maximum Gasteiger partial charge on any atom is 0.377 e. The van der Waals surface area contributed by atoms with Gasteiger partial charge in [0.1, 0.15) is 6.61 Å². The molecule has 2 heterocycles. The first-order chi connectivity index (χ1) is 9.22. The molecule has 2 aromatic rings. The lowest BCUT2D eigenvalue weighted by Crippen LogP contribution is -2.03. The van der Waals surface area contributed by atoms with Gasteiger partial charge in [-0.2, -0.15) is 0 Å². The molecule has 0 saturated carbocycles. The molecule has 6 nitrogen and oxygen atoms in total. The van der Waals surface area contributed by atoms with Gasteiger partial charge >= 0.3 is 5.97 Å². The Labute approximate surface area is 108 Å². The van der Waals surface area contributed by atoms with Crippen molar-refractivity contribution in [1.82, 2.24) is 5.16 Å². The summed E-state index contributed by atoms with van der Waals surface area (Å²) in [6.45, 7) is 2.09. The third-order valence-electron chi connectivity index (χ3n) is 2.64. The van der Waals surface area contributed by atoms with Crippen LogP contribution in [0.5, 0.6) is 11.5 Å². The van der Waals surface area contributed by atoms with E-state index in [9.17, 15) is 4.79 Å². The molecule has 3 rings (SSSR count). The minimum Gasteiger partial charge on any atom is -0.455 e. The van der Waals surface area contributed by atoms with E-state index in [2.05, 4.69) is 5.16 Å². The molecule has 0 atom stereocenters. The van der Waals surface area contributed by atoms with Crippen molar-refractivity contribution in [2.75, 3.05) is 6.79 Å². The van der Waals surface area contributed by atoms with Gasteiger partial charge in [-0.3, -0.25) is 0 Å². The summed E-state index contributed by atoms with van der Waals surface area (Å²) in [5.41, 5.74) is 1.45. The number of esters is 1. The van der Waals surface area contributed by atoms with Crippen LogP contribution < -0.4 is 9.47 Å². The Hall–Kier alpha value is -2.50. The Morgan fingerprint density at radius 2 is 2.16 bits per heavy atom. The van der Waals surface area contributed by atoms with Gasteiger partial charge in [-0.25, -0.2) is 4.79 Å². The van der Waals surface area contributed by atoms with Crippen LogP contribution in [-0.2, 0) is 11.3 Å². The van der Waals surface area contributed by atoms with Gasteiger partial charge in [0.05, 0.1) is 5.69 Å². The van der Waals surface area contributed by atoms with Gasteiger partial charge in [-0.15, -0.1) is 0 Å². The van der Waals surface area contributed by atoms with E-state index in [4.69, 9.17) is 18.7 Å². The maximum atomic E-state index is 11.7. The third kappa shape index (κ3) is 2.37. The molecule has 1 aliphatic rings. The molecule has 0 N–H and O–H groups in total. The molecule has 1 aliphatic heterocycles. The number of aryl methyl sites for hydroxylation is 1. The number of hydrogen-bond donors (Lipinski definition) is 0. The number of hydrogen-bond acceptors (Lipinski definition) is 6. The molecule has 0 amide bonds. The fraction of sp³-hybridized carbons (Fsp3) is 0.231. The van der Waals surface area contributed by atoms with Crippen LogP contribution >= 0.6 is 0 Å². The molecule has 1 aromatic carbocycles. The summed E-state index contributed by atoms with van der Waals surface area (Å²) < 4.78 is 20.4. The molecule has 0 radical (unpaired) electrons. The van der Waals surface area contributed by atoms with Crippen molar-refractivity contribution in [1.29, 1.82) is 0 Å². The van der Waals surface area contributed by atoms with E-state index in [1.165, 1.54) is 6.07 Å². The van der Waals surface area contributed by atoms with Gasteiger partial charge in [0.2, 0.25) is 12.6 Å². The van der Waals surface area contributed by atoms with Crippen molar-refractivity contribution in [3.63, 3.8) is 0 Å². The van der Waals surface area contributed by atoms with Gasteiger partial charge in [0.15, 0.2) is 11.5 Å². The van der Waals surface area contributed by atoms with Gasteiger partial charge in [0, 0.05) is 6.07 Å². The second-order valence-electron chi connectivity index (χ2n) is 4.10. The molecule has 0 bridgehead atoms. The fourth-order valence-corrected chi connectivity index (χ4v) is 1.71. The van der Waals surface area contributed by atoms with Crippen LogP contribution in [0.1, 0.15) is 21.8 Å². The second-order valence-corrected chi connectivity index (χ2v) is 4.10. The first-order valence-corrected chi connectivity index (χ1v) is 5.71. The lowest BCUT2D eigenvalue weighted by molar-refractivity contribution is 0.0425. The Bertz CT molecular complexity index is 619. The Balaban J connectivity index is 1.64. The van der Waals surface area contributed by atoms with E-state index in [1.807, 2.05) is 6.07 Å². The zero-order valence-corrected chi connectivity index (χ0v) is 10.2. The second kappa shape index (κ2) is 4.64. The zero-order chi connectivity index (χ0) is 13.2. The highest BCUT2D eigenvalue weighted by molar-refractivity contribution is 5.86. The summed E-state index contributed by atoms with van der Waals surface area (Å²) in [7, 11) is 0. The molecular weight excluding hydrogens is 250 g/mol. The Morgan fingerprint density at radius 3 is 2.95 bits per heavy atom. The Morgan fingerprint density at radius 1 is 1.32 bits per heavy atom. The highest BCUT2D eigenvalue weighted by Gasteiger charge is 2.16. The largest absolute Gasteiger partial charge is 0.455 e. The summed E-state index contributed by atoms with van der Waals surface area (Å²) >= 11 is 0. The minimum absolute atomic E-state index is 0.0956. The van der Waals surface area contributed by atoms with Crippen LogP contribution in [0.2, 0.25) is 0 Å². The number of carbonyl (C=O) groups is 1. The first-order valence-electron chi connectivity index (χ1n) is 5.71. The summed E-state index contributed by atoms with van der Waals surface area (Å²) in [5, 5.41) is 3.63. The minimum atomic E-state index is -0.543. The van der Waals surface area contributed by atoms with Crippen molar-refractivity contribution < 1.29 is 23.5 Å². The highest BCUT2D eigenvalue weighted by atomic mass is 16.7. The average Bonchev–Trinajstić information content (AvgIpc) is 3.03. The standard InChI is InChI=1S/C13H11NO5/c1-8-4-12(19-14-8)13(15)16-6-9-2-3-10-11(5-9)18-7-17-10/h2-5H,6-7H2,1H3. The quantitative estimate of drug-likeness (QED) is 0.788. The van der Waals surface area contributed by atoms with E-state index in [-0.39, 0.29) is 19.2 Å². The number of ether oxygens (including phenoxy) is 3. The van der Waals surface area contributed by atoms with Crippen LogP contribution in [0.4, 0.5) is 0 Å². The first kappa shape index (κ1) is 11.6. The van der Waals surface area contributed by atoms with E-state index in [0.717, 1.165) is 5.56 Å². The van der Waals surface area contributed by atoms with Crippen LogP contribution in [0.15, 0.2) is 28.8 Å². The molecular formula is C13H11NO5. The molecule has 1 aromatic heterocycles. The molecule has 0 spiro atoms. The predicted octanol–water partition coefficient (Wildman–Crippen LogP) is 2.07. The summed E-state index contributed by atoms with van der Waals surface area (Å²) in [6, 6.07) is 6.90. The molecule has 0 fully saturated rings. The van der Waals surface area contributed by atoms with Crippen molar-refractivity contribution >= 4 is 5.97 Å². The third-order valence-corrected chi connectivity index (χ3v) is 2.64. The van der Waals surface area contributed by atoms with E-state index in [0.29, 0.717) is 17.2 Å². The van der Waals surface area contributed by atoms with Crippen LogP contribution in [0.25, 0.3) is 0 Å². The van der Waals surface area contributed by atoms with Gasteiger partial charge in [-0.1, -0.05) is 11.2 Å². The number of carbonyl (C=O) groups excluding carboxylic acids is 1. The van der Waals surface area contributed by atoms with Crippen molar-refractivity contribution in [2.45, 2.75) is 13.5 Å². The summed E-state index contributed by atoms with van der Waals surface area (Å²) in [4.78, 5) is 11.7. The number of fused-ring (bicyclic) bond motifs is 1. The SMILES string of the molecule is Cc1cc(C(=O)OCc2ccc3c(c2)OCO3)on1. The topological polar surface area (TPSA) is 70.8 Å². The molecule has 6 heteroatoms. The molecule has 19 heavy (non-hydrogen) atoms. The monoisotopic (exact) mass is 261 g/mol. The lowest BCUT2D eigenvalue weighted by Gasteiger charge is -2.03. The van der Waals surface area contributed by atoms with Gasteiger partial charge in [0.25, 0.3) is 0 Å². The molecule has 0 unspecified atom stereocenters. The summed E-state index contributed by atoms with van der Waals surface area (Å²) in [5.74, 6) is 0.904. The average molecular weight is 261 g/mol. The molecule has 0 saturated heterocycles. The van der Waals surface area contributed by atoms with Crippen LogP contribution in [-0.4, -0.2) is 17.9 Å². The fourth-order valence-electron chi connectivity index (χ4n) is 1.71. The lowest BCUT2D eigenvalue weighted by atomic mass is 10.2. The number of nitrogens with zero attached hydrogens (tertiary/aromatic N) is 1. The number of aromatic nitrogens is 1. The zero-order valence-electron chi connectivity index (χ0n) is 10.2. The normalized spacial score (nSPS) is 12.5. The number of rotatable bonds is 3. The maximum absolute atomic E-state index is 11.7. The van der Waals surface area contributed by atoms with E-state index in [1.54, 1.807) is 19.1 Å². The van der Waals surface area contributed by atoms with E-state index >= 15 is 0 Å². The van der Waals surface area contributed by atoms with Gasteiger partial charge < -0.3 is 18.7 Å². The van der Waals surface area contributed by atoms with Gasteiger partial charge in [-0.05, 0) is 24.6 Å².